The first-order valence-electron chi connectivity index (χ1n) is 13.2. The molecule has 0 spiro atoms. The number of amides is 1. The third-order valence-electron chi connectivity index (χ3n) is 7.34. The second-order valence-corrected chi connectivity index (χ2v) is 9.75. The number of aliphatic hydroxyl groups is 1. The molecule has 1 aromatic carbocycles. The first-order valence-corrected chi connectivity index (χ1v) is 13.2. The Balaban J connectivity index is 1.59. The Morgan fingerprint density at radius 1 is 1.14 bits per heavy atom. The number of likely N-dealkylation sites (tertiary alicyclic amines) is 1. The molecular formula is C28H37N3O6. The number of hydrogen-bond donors (Lipinski definition) is 2. The van der Waals surface area contributed by atoms with Crippen LogP contribution in [0.1, 0.15) is 49.8 Å². The normalized spacial score (nSPS) is 20.8. The van der Waals surface area contributed by atoms with E-state index in [0.29, 0.717) is 50.4 Å². The van der Waals surface area contributed by atoms with Crippen molar-refractivity contribution in [1.29, 1.82) is 0 Å². The molecule has 37 heavy (non-hydrogen) atoms. The second-order valence-electron chi connectivity index (χ2n) is 9.75. The van der Waals surface area contributed by atoms with Gasteiger partial charge in [0.25, 0.3) is 0 Å². The van der Waals surface area contributed by atoms with Crippen molar-refractivity contribution in [3.8, 4) is 11.5 Å². The number of ether oxygens (including phenoxy) is 2. The summed E-state index contributed by atoms with van der Waals surface area (Å²) in [6.07, 6.45) is 5.31. The number of aryl methyl sites for hydroxylation is 1. The number of aliphatic carboxylic acids is 1. The van der Waals surface area contributed by atoms with E-state index in [1.165, 1.54) is 0 Å². The van der Waals surface area contributed by atoms with Crippen LogP contribution < -0.4 is 9.47 Å². The molecule has 1 aromatic heterocycles. The Kier molecular flexibility index (Phi) is 9.35. The van der Waals surface area contributed by atoms with Gasteiger partial charge in [0, 0.05) is 50.1 Å². The smallest absolute Gasteiger partial charge is 0.308 e. The Labute approximate surface area is 218 Å². The van der Waals surface area contributed by atoms with E-state index in [9.17, 15) is 19.8 Å². The number of aliphatic hydroxyl groups excluding tert-OH is 1. The summed E-state index contributed by atoms with van der Waals surface area (Å²) in [5, 5.41) is 19.7. The van der Waals surface area contributed by atoms with Crippen LogP contribution in [0.4, 0.5) is 0 Å². The molecule has 1 amide bonds. The second kappa shape index (κ2) is 12.9. The summed E-state index contributed by atoms with van der Waals surface area (Å²) in [4.78, 5) is 34.3. The summed E-state index contributed by atoms with van der Waals surface area (Å²) < 4.78 is 11.0. The van der Waals surface area contributed by atoms with Crippen LogP contribution in [0, 0.1) is 5.92 Å². The number of hydrogen-bond acceptors (Lipinski definition) is 7. The van der Waals surface area contributed by atoms with Crippen LogP contribution in [0.25, 0.3) is 0 Å². The predicted molar refractivity (Wildman–Crippen MR) is 138 cm³/mol. The minimum atomic E-state index is -0.869. The van der Waals surface area contributed by atoms with Crippen LogP contribution in [0.3, 0.4) is 0 Å². The van der Waals surface area contributed by atoms with Crippen LogP contribution in [0.5, 0.6) is 11.5 Å². The monoisotopic (exact) mass is 511 g/mol. The highest BCUT2D eigenvalue weighted by atomic mass is 16.7. The average molecular weight is 512 g/mol. The minimum absolute atomic E-state index is 0.0274. The van der Waals surface area contributed by atoms with E-state index in [4.69, 9.17) is 9.47 Å². The number of carbonyl (C=O) groups excluding carboxylic acids is 1. The lowest BCUT2D eigenvalue weighted by Crippen LogP contribution is -2.45. The number of nitrogens with zero attached hydrogens (tertiary/aromatic N) is 3. The topological polar surface area (TPSA) is 112 Å². The molecule has 2 N–H and O–H groups in total. The summed E-state index contributed by atoms with van der Waals surface area (Å²) in [5.41, 5.74) is 1.77. The number of rotatable bonds is 13. The number of unbranched alkanes of at least 4 members (excludes halogenated alkanes) is 1. The lowest BCUT2D eigenvalue weighted by atomic mass is 9.83. The minimum Gasteiger partial charge on any atom is -0.481 e. The first-order chi connectivity index (χ1) is 18.0. The van der Waals surface area contributed by atoms with Gasteiger partial charge >= 0.3 is 5.97 Å². The van der Waals surface area contributed by atoms with Crippen molar-refractivity contribution in [3.63, 3.8) is 0 Å². The highest BCUT2D eigenvalue weighted by molar-refractivity contribution is 5.79. The standard InChI is InChI=1S/C28H37N3O6/c1-2-3-13-30(14-6-15-32)26(33)18-31-17-22(20-8-11-24-25(16-20)37-19-36-24)27(28(34)35)23(31)10-9-21-7-4-5-12-29-21/h4-5,7-8,11-12,16,22-23,27,32H,2-3,6,9-10,13-15,17-19H2,1H3,(H,34,35)/t22-,23+,27-/m1/s1. The van der Waals surface area contributed by atoms with Crippen LogP contribution in [-0.2, 0) is 16.0 Å². The van der Waals surface area contributed by atoms with E-state index < -0.39 is 11.9 Å². The van der Waals surface area contributed by atoms with Crippen molar-refractivity contribution in [2.75, 3.05) is 39.6 Å². The number of benzene rings is 1. The molecule has 3 atom stereocenters. The molecule has 3 heterocycles. The number of pyridine rings is 1. The van der Waals surface area contributed by atoms with Gasteiger partial charge in [0.05, 0.1) is 12.5 Å². The number of fused-ring (bicyclic) bond motifs is 1. The van der Waals surface area contributed by atoms with E-state index in [1.807, 2.05) is 41.3 Å². The highest BCUT2D eigenvalue weighted by Gasteiger charge is 2.47. The average Bonchev–Trinajstić information content (AvgIpc) is 3.52. The molecule has 9 nitrogen and oxygen atoms in total. The van der Waals surface area contributed by atoms with Gasteiger partial charge < -0.3 is 24.6 Å². The van der Waals surface area contributed by atoms with Crippen LogP contribution in [0.2, 0.25) is 0 Å². The summed E-state index contributed by atoms with van der Waals surface area (Å²) in [6.45, 7) is 3.99. The Bertz CT molecular complexity index is 1040. The van der Waals surface area contributed by atoms with Crippen LogP contribution in [0.15, 0.2) is 42.6 Å². The molecular weight excluding hydrogens is 474 g/mol. The molecule has 0 saturated carbocycles. The third-order valence-corrected chi connectivity index (χ3v) is 7.34. The van der Waals surface area contributed by atoms with Gasteiger partial charge in [-0.1, -0.05) is 25.5 Å². The molecule has 0 bridgehead atoms. The lowest BCUT2D eigenvalue weighted by Gasteiger charge is -2.29. The zero-order chi connectivity index (χ0) is 26.2. The van der Waals surface area contributed by atoms with E-state index >= 15 is 0 Å². The molecule has 9 heteroatoms. The van der Waals surface area contributed by atoms with Crippen molar-refractivity contribution in [1.82, 2.24) is 14.8 Å². The zero-order valence-electron chi connectivity index (χ0n) is 21.4. The van der Waals surface area contributed by atoms with Gasteiger partial charge in [-0.25, -0.2) is 0 Å². The van der Waals surface area contributed by atoms with Gasteiger partial charge in [-0.05, 0) is 55.5 Å². The van der Waals surface area contributed by atoms with Crippen molar-refractivity contribution < 1.29 is 29.3 Å². The molecule has 0 aliphatic carbocycles. The maximum Gasteiger partial charge on any atom is 0.308 e. The van der Waals surface area contributed by atoms with Crippen molar-refractivity contribution in [3.05, 3.63) is 53.9 Å². The molecule has 2 aliphatic heterocycles. The van der Waals surface area contributed by atoms with Gasteiger partial charge in [-0.3, -0.25) is 19.5 Å². The Hall–Kier alpha value is -3.17. The van der Waals surface area contributed by atoms with Gasteiger partial charge in [0.2, 0.25) is 12.7 Å². The molecule has 0 radical (unpaired) electrons. The van der Waals surface area contributed by atoms with Crippen LogP contribution >= 0.6 is 0 Å². The fraction of sp³-hybridized carbons (Fsp3) is 0.536. The van der Waals surface area contributed by atoms with Gasteiger partial charge in [-0.2, -0.15) is 0 Å². The molecule has 4 rings (SSSR count). The number of carboxylic acid groups (broad SMARTS) is 1. The lowest BCUT2D eigenvalue weighted by molar-refractivity contribution is -0.143. The molecule has 1 saturated heterocycles. The van der Waals surface area contributed by atoms with Gasteiger partial charge in [-0.15, -0.1) is 0 Å². The highest BCUT2D eigenvalue weighted by Crippen LogP contribution is 2.43. The van der Waals surface area contributed by atoms with E-state index in [2.05, 4.69) is 11.9 Å². The number of carboxylic acids is 1. The fourth-order valence-corrected chi connectivity index (χ4v) is 5.42. The van der Waals surface area contributed by atoms with Gasteiger partial charge in [0.15, 0.2) is 11.5 Å². The van der Waals surface area contributed by atoms with Crippen LogP contribution in [-0.4, -0.2) is 82.5 Å². The largest absolute Gasteiger partial charge is 0.481 e. The third kappa shape index (κ3) is 6.59. The molecule has 2 aliphatic rings. The Morgan fingerprint density at radius 3 is 2.68 bits per heavy atom. The molecule has 2 aromatic rings. The van der Waals surface area contributed by atoms with E-state index in [1.54, 1.807) is 11.1 Å². The predicted octanol–water partition coefficient (Wildman–Crippen LogP) is 2.92. The quantitative estimate of drug-likeness (QED) is 0.422. The van der Waals surface area contributed by atoms with Crippen molar-refractivity contribution in [2.45, 2.75) is 51.0 Å². The molecule has 200 valence electrons. The summed E-state index contributed by atoms with van der Waals surface area (Å²) in [6, 6.07) is 11.0. The summed E-state index contributed by atoms with van der Waals surface area (Å²) in [7, 11) is 0. The number of carbonyl (C=O) groups is 2. The molecule has 1 fully saturated rings. The summed E-state index contributed by atoms with van der Waals surface area (Å²) in [5.74, 6) is -0.598. The maximum atomic E-state index is 13.4. The van der Waals surface area contributed by atoms with Gasteiger partial charge in [0.1, 0.15) is 0 Å². The summed E-state index contributed by atoms with van der Waals surface area (Å²) >= 11 is 0. The van der Waals surface area contributed by atoms with Crippen molar-refractivity contribution >= 4 is 11.9 Å². The number of aromatic nitrogens is 1. The maximum absolute atomic E-state index is 13.4. The SMILES string of the molecule is CCCCN(CCCO)C(=O)CN1C[C@H](c2ccc3c(c2)OCO3)[C@@H](C(=O)O)[C@@H]1CCc1ccccn1. The van der Waals surface area contributed by atoms with E-state index in [0.717, 1.165) is 24.1 Å². The molecule has 0 unspecified atom stereocenters. The zero-order valence-corrected chi connectivity index (χ0v) is 21.4. The van der Waals surface area contributed by atoms with E-state index in [-0.39, 0.29) is 37.8 Å². The first kappa shape index (κ1) is 26.9. The van der Waals surface area contributed by atoms with Crippen molar-refractivity contribution in [2.24, 2.45) is 5.92 Å². The fourth-order valence-electron chi connectivity index (χ4n) is 5.42. The Morgan fingerprint density at radius 2 is 1.95 bits per heavy atom.